The third-order valence-corrected chi connectivity index (χ3v) is 5.54. The molecule has 3 rings (SSSR count). The van der Waals surface area contributed by atoms with Crippen LogP contribution in [0.2, 0.25) is 0 Å². The van der Waals surface area contributed by atoms with Gasteiger partial charge in [0.05, 0.1) is 0 Å². The van der Waals surface area contributed by atoms with Gasteiger partial charge in [-0.1, -0.05) is 0 Å². The van der Waals surface area contributed by atoms with E-state index >= 15 is 0 Å². The number of hydrogen-bond donors (Lipinski definition) is 0. The van der Waals surface area contributed by atoms with Gasteiger partial charge in [-0.05, 0) is 38.9 Å². The first-order chi connectivity index (χ1) is 12.7. The number of aromatic nitrogens is 2. The van der Waals surface area contributed by atoms with Crippen molar-refractivity contribution >= 4 is 5.91 Å². The Kier molecular flexibility index (Phi) is 7.46. The number of rotatable bonds is 8. The van der Waals surface area contributed by atoms with Crippen LogP contribution in [-0.4, -0.2) is 96.0 Å². The largest absolute Gasteiger partial charge is 0.381 e. The Morgan fingerprint density at radius 3 is 2.65 bits per heavy atom. The van der Waals surface area contributed by atoms with Gasteiger partial charge in [0.1, 0.15) is 0 Å². The molecule has 3 heterocycles. The highest BCUT2D eigenvalue weighted by Crippen LogP contribution is 2.17. The molecule has 146 valence electrons. The second kappa shape index (κ2) is 10.0. The Hall–Kier alpha value is -1.44. The number of carbonyl (C=O) groups is 1. The molecule has 1 aromatic rings. The molecule has 0 atom stereocenters. The fourth-order valence-electron chi connectivity index (χ4n) is 3.83. The molecule has 7 nitrogen and oxygen atoms in total. The van der Waals surface area contributed by atoms with Crippen molar-refractivity contribution in [3.8, 4) is 0 Å². The van der Waals surface area contributed by atoms with Crippen LogP contribution in [0.1, 0.15) is 25.7 Å². The van der Waals surface area contributed by atoms with Crippen molar-refractivity contribution in [2.24, 2.45) is 0 Å². The van der Waals surface area contributed by atoms with Crippen LogP contribution in [0.4, 0.5) is 0 Å². The molecular formula is C19H33N5O2. The lowest BCUT2D eigenvalue weighted by Gasteiger charge is -2.36. The maximum atomic E-state index is 12.9. The second-order valence-electron chi connectivity index (χ2n) is 7.45. The number of piperazine rings is 1. The Labute approximate surface area is 156 Å². The van der Waals surface area contributed by atoms with Gasteiger partial charge >= 0.3 is 0 Å². The van der Waals surface area contributed by atoms with Gasteiger partial charge in [0.2, 0.25) is 5.91 Å². The van der Waals surface area contributed by atoms with E-state index in [1.165, 1.54) is 0 Å². The first-order valence-corrected chi connectivity index (χ1v) is 9.98. The summed E-state index contributed by atoms with van der Waals surface area (Å²) in [5.74, 6) is 0.255. The van der Waals surface area contributed by atoms with E-state index in [0.29, 0.717) is 19.0 Å². The van der Waals surface area contributed by atoms with Crippen LogP contribution in [0.25, 0.3) is 0 Å². The van der Waals surface area contributed by atoms with Gasteiger partial charge in [-0.15, -0.1) is 0 Å². The van der Waals surface area contributed by atoms with Crippen molar-refractivity contribution < 1.29 is 9.53 Å². The van der Waals surface area contributed by atoms with E-state index in [9.17, 15) is 4.79 Å². The summed E-state index contributed by atoms with van der Waals surface area (Å²) in [5, 5.41) is 4.20. The zero-order valence-electron chi connectivity index (χ0n) is 16.1. The van der Waals surface area contributed by atoms with Gasteiger partial charge in [0, 0.05) is 77.3 Å². The average Bonchev–Trinajstić information content (AvgIpc) is 3.19. The Morgan fingerprint density at radius 2 is 1.96 bits per heavy atom. The molecule has 26 heavy (non-hydrogen) atoms. The summed E-state index contributed by atoms with van der Waals surface area (Å²) in [5.41, 5.74) is 0. The highest BCUT2D eigenvalue weighted by molar-refractivity contribution is 5.76. The third kappa shape index (κ3) is 5.79. The minimum atomic E-state index is 0.255. The van der Waals surface area contributed by atoms with Crippen LogP contribution < -0.4 is 0 Å². The fourth-order valence-corrected chi connectivity index (χ4v) is 3.83. The smallest absolute Gasteiger partial charge is 0.224 e. The van der Waals surface area contributed by atoms with Crippen molar-refractivity contribution in [3.05, 3.63) is 18.5 Å². The van der Waals surface area contributed by atoms with Crippen molar-refractivity contribution in [1.82, 2.24) is 24.5 Å². The van der Waals surface area contributed by atoms with Crippen LogP contribution in [0.5, 0.6) is 0 Å². The molecule has 2 saturated heterocycles. The topological polar surface area (TPSA) is 53.8 Å². The van der Waals surface area contributed by atoms with E-state index in [1.54, 1.807) is 6.20 Å². The Morgan fingerprint density at radius 1 is 1.19 bits per heavy atom. The van der Waals surface area contributed by atoms with Gasteiger partial charge < -0.3 is 19.4 Å². The van der Waals surface area contributed by atoms with Crippen molar-refractivity contribution in [2.75, 3.05) is 59.5 Å². The van der Waals surface area contributed by atoms with Gasteiger partial charge in [-0.3, -0.25) is 9.48 Å². The number of ether oxygens (including phenoxy) is 1. The molecule has 0 radical (unpaired) electrons. The number of aryl methyl sites for hydroxylation is 1. The van der Waals surface area contributed by atoms with Gasteiger partial charge in [-0.2, -0.15) is 5.10 Å². The van der Waals surface area contributed by atoms with Crippen LogP contribution in [0.15, 0.2) is 18.5 Å². The summed E-state index contributed by atoms with van der Waals surface area (Å²) >= 11 is 0. The molecule has 7 heteroatoms. The van der Waals surface area contributed by atoms with Crippen molar-refractivity contribution in [2.45, 2.75) is 38.3 Å². The maximum absolute atomic E-state index is 12.9. The standard InChI is InChI=1S/C19H33N5O2/c1-21-12-14-22(15-13-21)8-3-10-24(18-5-16-26-17-6-18)19(25)4-11-23-9-2-7-20-23/h2,7,9,18H,3-6,8,10-17H2,1H3. The number of amides is 1. The molecule has 0 saturated carbocycles. The summed E-state index contributed by atoms with van der Waals surface area (Å²) in [6, 6.07) is 2.23. The predicted molar refractivity (Wildman–Crippen MR) is 101 cm³/mol. The molecule has 0 bridgehead atoms. The van der Waals surface area contributed by atoms with E-state index in [4.69, 9.17) is 4.74 Å². The molecule has 2 aliphatic rings. The fraction of sp³-hybridized carbons (Fsp3) is 0.789. The molecule has 0 unspecified atom stereocenters. The number of likely N-dealkylation sites (N-methyl/N-ethyl adjacent to an activating group) is 1. The highest BCUT2D eigenvalue weighted by Gasteiger charge is 2.25. The van der Waals surface area contributed by atoms with Crippen LogP contribution >= 0.6 is 0 Å². The minimum absolute atomic E-state index is 0.255. The van der Waals surface area contributed by atoms with Gasteiger partial charge in [0.15, 0.2) is 0 Å². The maximum Gasteiger partial charge on any atom is 0.224 e. The molecule has 1 amide bonds. The normalized spacial score (nSPS) is 20.3. The van der Waals surface area contributed by atoms with Crippen LogP contribution in [-0.2, 0) is 16.1 Å². The first kappa shape index (κ1) is 19.3. The van der Waals surface area contributed by atoms with E-state index in [0.717, 1.165) is 71.7 Å². The summed E-state index contributed by atoms with van der Waals surface area (Å²) in [6.45, 7) is 8.71. The lowest BCUT2D eigenvalue weighted by molar-refractivity contribution is -0.135. The highest BCUT2D eigenvalue weighted by atomic mass is 16.5. The SMILES string of the molecule is CN1CCN(CCCN(C(=O)CCn2cccn2)C2CCOCC2)CC1. The quantitative estimate of drug-likeness (QED) is 0.687. The molecule has 0 N–H and O–H groups in total. The molecule has 0 spiro atoms. The Bertz CT molecular complexity index is 522. The summed E-state index contributed by atoms with van der Waals surface area (Å²) < 4.78 is 7.33. The van der Waals surface area contributed by atoms with E-state index < -0.39 is 0 Å². The van der Waals surface area contributed by atoms with E-state index in [1.807, 2.05) is 16.9 Å². The lowest BCUT2D eigenvalue weighted by atomic mass is 10.1. The zero-order valence-corrected chi connectivity index (χ0v) is 16.1. The molecule has 0 aromatic carbocycles. The van der Waals surface area contributed by atoms with Crippen LogP contribution in [0.3, 0.4) is 0 Å². The average molecular weight is 364 g/mol. The van der Waals surface area contributed by atoms with Gasteiger partial charge in [0.25, 0.3) is 0 Å². The summed E-state index contributed by atoms with van der Waals surface area (Å²) in [6.07, 6.45) is 7.17. The molecule has 1 aromatic heterocycles. The second-order valence-corrected chi connectivity index (χ2v) is 7.45. The van der Waals surface area contributed by atoms with Crippen molar-refractivity contribution in [1.29, 1.82) is 0 Å². The molecular weight excluding hydrogens is 330 g/mol. The van der Waals surface area contributed by atoms with E-state index in [-0.39, 0.29) is 5.91 Å². The van der Waals surface area contributed by atoms with Crippen molar-refractivity contribution in [3.63, 3.8) is 0 Å². The number of hydrogen-bond acceptors (Lipinski definition) is 5. The van der Waals surface area contributed by atoms with E-state index in [2.05, 4.69) is 26.8 Å². The molecule has 0 aliphatic carbocycles. The molecule has 2 aliphatic heterocycles. The Balaban J connectivity index is 1.48. The summed E-state index contributed by atoms with van der Waals surface area (Å²) in [7, 11) is 2.18. The number of nitrogens with zero attached hydrogens (tertiary/aromatic N) is 5. The lowest BCUT2D eigenvalue weighted by Crippen LogP contribution is -2.47. The number of carbonyl (C=O) groups excluding carboxylic acids is 1. The predicted octanol–water partition coefficient (Wildman–Crippen LogP) is 0.918. The van der Waals surface area contributed by atoms with Gasteiger partial charge in [-0.25, -0.2) is 0 Å². The monoisotopic (exact) mass is 363 g/mol. The van der Waals surface area contributed by atoms with Crippen LogP contribution in [0, 0.1) is 0 Å². The zero-order chi connectivity index (χ0) is 18.2. The molecule has 2 fully saturated rings. The first-order valence-electron chi connectivity index (χ1n) is 9.98. The summed E-state index contributed by atoms with van der Waals surface area (Å²) in [4.78, 5) is 19.9. The third-order valence-electron chi connectivity index (χ3n) is 5.54. The minimum Gasteiger partial charge on any atom is -0.381 e.